The summed E-state index contributed by atoms with van der Waals surface area (Å²) in [5, 5.41) is 2.60. The topological polar surface area (TPSA) is 81.4 Å². The monoisotopic (exact) mass is 202 g/mol. The van der Waals surface area contributed by atoms with Gasteiger partial charge in [-0.2, -0.15) is 0 Å². The van der Waals surface area contributed by atoms with Crippen molar-refractivity contribution >= 4 is 11.9 Å². The van der Waals surface area contributed by atoms with Gasteiger partial charge < -0.3 is 15.8 Å². The van der Waals surface area contributed by atoms with Gasteiger partial charge in [0.2, 0.25) is 5.91 Å². The number of amides is 1. The number of rotatable bonds is 5. The van der Waals surface area contributed by atoms with Crippen LogP contribution in [0.1, 0.15) is 26.7 Å². The highest BCUT2D eigenvalue weighted by Crippen LogP contribution is 2.11. The average molecular weight is 202 g/mol. The normalized spacial score (nSPS) is 14.3. The van der Waals surface area contributed by atoms with E-state index < -0.39 is 11.5 Å². The second-order valence-corrected chi connectivity index (χ2v) is 3.26. The highest BCUT2D eigenvalue weighted by molar-refractivity contribution is 5.87. The molecule has 0 aromatic rings. The summed E-state index contributed by atoms with van der Waals surface area (Å²) >= 11 is 0. The first kappa shape index (κ1) is 12.9. The lowest BCUT2D eigenvalue weighted by Crippen LogP contribution is -2.52. The first-order valence-corrected chi connectivity index (χ1v) is 4.59. The molecular weight excluding hydrogens is 184 g/mol. The van der Waals surface area contributed by atoms with Crippen LogP contribution in [0, 0.1) is 0 Å². The number of methoxy groups -OCH3 is 1. The minimum Gasteiger partial charge on any atom is -0.467 e. The van der Waals surface area contributed by atoms with Crippen molar-refractivity contribution in [2.45, 2.75) is 32.2 Å². The fourth-order valence-corrected chi connectivity index (χ4v) is 1.01. The molecule has 0 aliphatic carbocycles. The van der Waals surface area contributed by atoms with Crippen molar-refractivity contribution in [1.82, 2.24) is 5.32 Å². The number of nitrogens with one attached hydrogen (secondary N) is 1. The maximum atomic E-state index is 11.3. The van der Waals surface area contributed by atoms with Gasteiger partial charge in [-0.25, -0.2) is 4.79 Å². The van der Waals surface area contributed by atoms with Crippen LogP contribution >= 0.6 is 0 Å². The van der Waals surface area contributed by atoms with E-state index >= 15 is 0 Å². The predicted octanol–water partition coefficient (Wildman–Crippen LogP) is -0.207. The number of nitrogens with two attached hydrogens (primary N) is 1. The summed E-state index contributed by atoms with van der Waals surface area (Å²) in [5.74, 6) is -0.673. The Morgan fingerprint density at radius 1 is 1.50 bits per heavy atom. The Labute approximate surface area is 84.0 Å². The smallest absolute Gasteiger partial charge is 0.331 e. The van der Waals surface area contributed by atoms with E-state index in [0.717, 1.165) is 0 Å². The Hall–Kier alpha value is -1.10. The standard InChI is InChI=1S/C9H18N2O3/c1-4-9(2,8(13)14-3)11-7(12)5-6-10/h4-6,10H2,1-3H3,(H,11,12). The molecule has 5 nitrogen and oxygen atoms in total. The molecule has 0 rings (SSSR count). The summed E-state index contributed by atoms with van der Waals surface area (Å²) in [4.78, 5) is 22.6. The second kappa shape index (κ2) is 5.59. The Morgan fingerprint density at radius 3 is 2.43 bits per heavy atom. The molecular formula is C9H18N2O3. The third kappa shape index (κ3) is 3.33. The van der Waals surface area contributed by atoms with E-state index in [-0.39, 0.29) is 18.9 Å². The summed E-state index contributed by atoms with van der Waals surface area (Å²) in [5.41, 5.74) is 4.28. The zero-order valence-corrected chi connectivity index (χ0v) is 8.92. The molecule has 0 fully saturated rings. The molecule has 0 heterocycles. The second-order valence-electron chi connectivity index (χ2n) is 3.26. The Balaban J connectivity index is 4.39. The molecule has 5 heteroatoms. The number of carbonyl (C=O) groups is 2. The van der Waals surface area contributed by atoms with Gasteiger partial charge >= 0.3 is 5.97 Å². The Bertz CT molecular complexity index is 218. The average Bonchev–Trinajstić information content (AvgIpc) is 2.16. The van der Waals surface area contributed by atoms with Gasteiger partial charge in [0.1, 0.15) is 5.54 Å². The van der Waals surface area contributed by atoms with Crippen LogP contribution in [0.15, 0.2) is 0 Å². The minimum atomic E-state index is -0.943. The highest BCUT2D eigenvalue weighted by Gasteiger charge is 2.33. The first-order chi connectivity index (χ1) is 6.50. The molecule has 0 saturated carbocycles. The van der Waals surface area contributed by atoms with Gasteiger partial charge in [-0.3, -0.25) is 4.79 Å². The van der Waals surface area contributed by atoms with Gasteiger partial charge in [-0.05, 0) is 13.3 Å². The molecule has 0 aromatic carbocycles. The molecule has 82 valence electrons. The van der Waals surface area contributed by atoms with Gasteiger partial charge in [0.25, 0.3) is 0 Å². The summed E-state index contributed by atoms with van der Waals surface area (Å²) in [6, 6.07) is 0. The summed E-state index contributed by atoms with van der Waals surface area (Å²) in [6.45, 7) is 3.71. The van der Waals surface area contributed by atoms with Crippen molar-refractivity contribution < 1.29 is 14.3 Å². The zero-order chi connectivity index (χ0) is 11.2. The number of hydrogen-bond donors (Lipinski definition) is 2. The molecule has 0 spiro atoms. The summed E-state index contributed by atoms with van der Waals surface area (Å²) < 4.78 is 4.60. The van der Waals surface area contributed by atoms with Crippen LogP contribution in [0.25, 0.3) is 0 Å². The van der Waals surface area contributed by atoms with Crippen LogP contribution in [0.2, 0.25) is 0 Å². The predicted molar refractivity (Wildman–Crippen MR) is 52.5 cm³/mol. The minimum absolute atomic E-state index is 0.215. The SMILES string of the molecule is CCC(C)(NC(=O)CCN)C(=O)OC. The van der Waals surface area contributed by atoms with Crippen molar-refractivity contribution in [2.24, 2.45) is 5.73 Å². The highest BCUT2D eigenvalue weighted by atomic mass is 16.5. The number of carbonyl (C=O) groups excluding carboxylic acids is 2. The zero-order valence-electron chi connectivity index (χ0n) is 8.92. The molecule has 1 unspecified atom stereocenters. The van der Waals surface area contributed by atoms with E-state index in [0.29, 0.717) is 6.42 Å². The third-order valence-electron chi connectivity index (χ3n) is 2.13. The largest absolute Gasteiger partial charge is 0.467 e. The molecule has 0 bridgehead atoms. The fourth-order valence-electron chi connectivity index (χ4n) is 1.01. The maximum Gasteiger partial charge on any atom is 0.331 e. The Kier molecular flexibility index (Phi) is 5.15. The van der Waals surface area contributed by atoms with Crippen LogP contribution in [-0.2, 0) is 14.3 Å². The molecule has 14 heavy (non-hydrogen) atoms. The molecule has 0 aromatic heterocycles. The van der Waals surface area contributed by atoms with Crippen molar-refractivity contribution in [3.63, 3.8) is 0 Å². The van der Waals surface area contributed by atoms with Crippen LogP contribution in [0.4, 0.5) is 0 Å². The van der Waals surface area contributed by atoms with Gasteiger partial charge in [0.15, 0.2) is 0 Å². The van der Waals surface area contributed by atoms with Crippen LogP contribution in [-0.4, -0.2) is 31.1 Å². The number of hydrogen-bond acceptors (Lipinski definition) is 4. The van der Waals surface area contributed by atoms with Crippen molar-refractivity contribution in [2.75, 3.05) is 13.7 Å². The van der Waals surface area contributed by atoms with Gasteiger partial charge in [-0.15, -0.1) is 0 Å². The molecule has 1 amide bonds. The maximum absolute atomic E-state index is 11.3. The van der Waals surface area contributed by atoms with Crippen LogP contribution in [0.5, 0.6) is 0 Å². The molecule has 0 radical (unpaired) electrons. The van der Waals surface area contributed by atoms with E-state index in [1.165, 1.54) is 7.11 Å². The third-order valence-corrected chi connectivity index (χ3v) is 2.13. The quantitative estimate of drug-likeness (QED) is 0.604. The molecule has 0 aliphatic rings. The van der Waals surface area contributed by atoms with Gasteiger partial charge in [0, 0.05) is 13.0 Å². The van der Waals surface area contributed by atoms with Crippen molar-refractivity contribution in [1.29, 1.82) is 0 Å². The van der Waals surface area contributed by atoms with E-state index in [4.69, 9.17) is 5.73 Å². The van der Waals surface area contributed by atoms with E-state index in [1.54, 1.807) is 13.8 Å². The fraction of sp³-hybridized carbons (Fsp3) is 0.778. The summed E-state index contributed by atoms with van der Waals surface area (Å²) in [7, 11) is 1.30. The van der Waals surface area contributed by atoms with E-state index in [1.807, 2.05) is 0 Å². The number of esters is 1. The lowest BCUT2D eigenvalue weighted by Gasteiger charge is -2.26. The molecule has 0 saturated heterocycles. The lowest BCUT2D eigenvalue weighted by molar-refractivity contribution is -0.150. The van der Waals surface area contributed by atoms with Crippen LogP contribution < -0.4 is 11.1 Å². The molecule has 1 atom stereocenters. The van der Waals surface area contributed by atoms with E-state index in [9.17, 15) is 9.59 Å². The Morgan fingerprint density at radius 2 is 2.07 bits per heavy atom. The van der Waals surface area contributed by atoms with Gasteiger partial charge in [-0.1, -0.05) is 6.92 Å². The molecule has 3 N–H and O–H groups in total. The first-order valence-electron chi connectivity index (χ1n) is 4.59. The molecule has 0 aliphatic heterocycles. The number of ether oxygens (including phenoxy) is 1. The van der Waals surface area contributed by atoms with Gasteiger partial charge in [0.05, 0.1) is 7.11 Å². The van der Waals surface area contributed by atoms with Crippen molar-refractivity contribution in [3.8, 4) is 0 Å². The van der Waals surface area contributed by atoms with Crippen LogP contribution in [0.3, 0.4) is 0 Å². The van der Waals surface area contributed by atoms with E-state index in [2.05, 4.69) is 10.1 Å². The lowest BCUT2D eigenvalue weighted by atomic mass is 9.99. The summed E-state index contributed by atoms with van der Waals surface area (Å²) in [6.07, 6.45) is 0.697. The van der Waals surface area contributed by atoms with Crippen molar-refractivity contribution in [3.05, 3.63) is 0 Å².